The van der Waals surface area contributed by atoms with E-state index in [0.717, 1.165) is 61.9 Å². The van der Waals surface area contributed by atoms with Crippen LogP contribution in [0.4, 0.5) is 5.69 Å². The third-order valence-electron chi connectivity index (χ3n) is 6.67. The number of aromatic nitrogens is 4. The van der Waals surface area contributed by atoms with Gasteiger partial charge in [0.2, 0.25) is 5.65 Å². The number of rotatable bonds is 3. The Kier molecular flexibility index (Phi) is 4.92. The first-order chi connectivity index (χ1) is 14.5. The van der Waals surface area contributed by atoms with Crippen molar-refractivity contribution in [2.45, 2.75) is 25.0 Å². The lowest BCUT2D eigenvalue weighted by atomic mass is 9.79. The van der Waals surface area contributed by atoms with Gasteiger partial charge < -0.3 is 14.9 Å². The first-order valence-electron chi connectivity index (χ1n) is 10.7. The molecule has 0 amide bonds. The van der Waals surface area contributed by atoms with Gasteiger partial charge in [0, 0.05) is 39.3 Å². The van der Waals surface area contributed by atoms with Crippen molar-refractivity contribution in [2.24, 2.45) is 0 Å². The third kappa shape index (κ3) is 3.34. The second-order valence-corrected chi connectivity index (χ2v) is 8.61. The monoisotopic (exact) mass is 407 g/mol. The Bertz CT molecular complexity index is 1010. The number of nitrogens with zero attached hydrogens (tertiary/aromatic N) is 7. The van der Waals surface area contributed by atoms with E-state index in [-0.39, 0.29) is 6.04 Å². The first-order valence-corrected chi connectivity index (χ1v) is 10.7. The number of fused-ring (bicyclic) bond motifs is 1. The Morgan fingerprint density at radius 3 is 2.60 bits per heavy atom. The fourth-order valence-corrected chi connectivity index (χ4v) is 4.92. The Balaban J connectivity index is 1.52. The molecule has 1 N–H and O–H groups in total. The number of hydrogen-bond donors (Lipinski definition) is 1. The van der Waals surface area contributed by atoms with Crippen LogP contribution in [-0.2, 0) is 5.60 Å². The van der Waals surface area contributed by atoms with Gasteiger partial charge in [0.15, 0.2) is 0 Å². The molecular formula is C22H29N7O. The second kappa shape index (κ2) is 7.61. The van der Waals surface area contributed by atoms with Crippen molar-refractivity contribution in [1.29, 1.82) is 0 Å². The average molecular weight is 408 g/mol. The summed E-state index contributed by atoms with van der Waals surface area (Å²) < 4.78 is 1.74. The zero-order valence-corrected chi connectivity index (χ0v) is 17.6. The molecule has 2 saturated heterocycles. The van der Waals surface area contributed by atoms with Crippen molar-refractivity contribution in [3.63, 3.8) is 0 Å². The highest BCUT2D eigenvalue weighted by atomic mass is 16.3. The molecule has 0 radical (unpaired) electrons. The van der Waals surface area contributed by atoms with Gasteiger partial charge in [-0.05, 0) is 32.0 Å². The standard InChI is InChI=1S/C22H29N7O/c1-17-14-19(21-24-23-16-29(21)25-17)28-9-8-22(30,18-6-4-3-5-7-18)20(15-28)27-12-10-26(2)11-13-27/h3-7,14,16,20,30H,8-13,15H2,1-2H3/t20-,22+/m1/s1. The quantitative estimate of drug-likeness (QED) is 0.698. The summed E-state index contributed by atoms with van der Waals surface area (Å²) >= 11 is 0. The highest BCUT2D eigenvalue weighted by Crippen LogP contribution is 2.38. The van der Waals surface area contributed by atoms with Crippen LogP contribution < -0.4 is 4.90 Å². The summed E-state index contributed by atoms with van der Waals surface area (Å²) in [5.74, 6) is 0. The fraction of sp³-hybridized carbons (Fsp3) is 0.500. The first kappa shape index (κ1) is 19.4. The van der Waals surface area contributed by atoms with Crippen molar-refractivity contribution in [2.75, 3.05) is 51.2 Å². The Hall–Kier alpha value is -2.55. The van der Waals surface area contributed by atoms with Gasteiger partial charge in [-0.25, -0.2) is 0 Å². The van der Waals surface area contributed by atoms with Crippen molar-refractivity contribution < 1.29 is 5.11 Å². The lowest BCUT2D eigenvalue weighted by molar-refractivity contribution is -0.0756. The Morgan fingerprint density at radius 2 is 1.83 bits per heavy atom. The van der Waals surface area contributed by atoms with Crippen molar-refractivity contribution in [3.05, 3.63) is 54.0 Å². The van der Waals surface area contributed by atoms with Gasteiger partial charge in [-0.3, -0.25) is 4.90 Å². The minimum absolute atomic E-state index is 0.00112. The molecule has 4 heterocycles. The van der Waals surface area contributed by atoms with E-state index in [1.165, 1.54) is 0 Å². The average Bonchev–Trinajstić information content (AvgIpc) is 3.23. The molecule has 8 nitrogen and oxygen atoms in total. The van der Waals surface area contributed by atoms with E-state index in [4.69, 9.17) is 0 Å². The maximum Gasteiger partial charge on any atom is 0.200 e. The summed E-state index contributed by atoms with van der Waals surface area (Å²) in [6, 6.07) is 12.3. The number of hydrogen-bond acceptors (Lipinski definition) is 7. The topological polar surface area (TPSA) is 73.0 Å². The lowest BCUT2D eigenvalue weighted by Gasteiger charge is -2.51. The van der Waals surface area contributed by atoms with Crippen LogP contribution >= 0.6 is 0 Å². The van der Waals surface area contributed by atoms with E-state index in [9.17, 15) is 5.11 Å². The Morgan fingerprint density at radius 1 is 1.07 bits per heavy atom. The molecule has 5 rings (SSSR count). The SMILES string of the molecule is Cc1cc(N2CC[C@](O)(c3ccccc3)[C@H](N3CCN(C)CC3)C2)c2nncn2n1. The van der Waals surface area contributed by atoms with Crippen molar-refractivity contribution in [1.82, 2.24) is 29.6 Å². The van der Waals surface area contributed by atoms with E-state index in [0.29, 0.717) is 6.42 Å². The van der Waals surface area contributed by atoms with Crippen LogP contribution in [0.25, 0.3) is 5.65 Å². The Labute approximate surface area is 176 Å². The van der Waals surface area contributed by atoms with E-state index in [1.54, 1.807) is 10.8 Å². The molecule has 1 aromatic carbocycles. The lowest BCUT2D eigenvalue weighted by Crippen LogP contribution is -2.63. The van der Waals surface area contributed by atoms with Gasteiger partial charge in [-0.1, -0.05) is 30.3 Å². The van der Waals surface area contributed by atoms with Crippen LogP contribution in [-0.4, -0.2) is 87.1 Å². The number of likely N-dealkylation sites (N-methyl/N-ethyl adjacent to an activating group) is 1. The molecule has 0 unspecified atom stereocenters. The molecule has 0 bridgehead atoms. The van der Waals surface area contributed by atoms with Crippen LogP contribution in [0.2, 0.25) is 0 Å². The van der Waals surface area contributed by atoms with Gasteiger partial charge in [0.05, 0.1) is 17.4 Å². The predicted octanol–water partition coefficient (Wildman–Crippen LogP) is 1.15. The zero-order valence-electron chi connectivity index (χ0n) is 17.6. The molecular weight excluding hydrogens is 378 g/mol. The molecule has 2 aromatic heterocycles. The molecule has 0 spiro atoms. The summed E-state index contributed by atoms with van der Waals surface area (Å²) in [7, 11) is 2.16. The van der Waals surface area contributed by atoms with E-state index < -0.39 is 5.60 Å². The van der Waals surface area contributed by atoms with Gasteiger partial charge in [-0.15, -0.1) is 10.2 Å². The van der Waals surface area contributed by atoms with Crippen LogP contribution in [0.3, 0.4) is 0 Å². The molecule has 30 heavy (non-hydrogen) atoms. The summed E-state index contributed by atoms with van der Waals surface area (Å²) in [5, 5.41) is 24.8. The molecule has 0 aliphatic carbocycles. The number of aryl methyl sites for hydroxylation is 1. The van der Waals surface area contributed by atoms with Gasteiger partial charge in [0.25, 0.3) is 0 Å². The van der Waals surface area contributed by atoms with Crippen LogP contribution in [0.15, 0.2) is 42.7 Å². The number of aliphatic hydroxyl groups is 1. The van der Waals surface area contributed by atoms with E-state index >= 15 is 0 Å². The highest BCUT2D eigenvalue weighted by Gasteiger charge is 2.46. The maximum absolute atomic E-state index is 12.0. The predicted molar refractivity (Wildman–Crippen MR) is 116 cm³/mol. The van der Waals surface area contributed by atoms with Crippen molar-refractivity contribution >= 4 is 11.3 Å². The normalized spacial score (nSPS) is 26.4. The van der Waals surface area contributed by atoms with Crippen LogP contribution in [0, 0.1) is 6.92 Å². The van der Waals surface area contributed by atoms with Gasteiger partial charge in [0.1, 0.15) is 11.9 Å². The molecule has 2 fully saturated rings. The summed E-state index contributed by atoms with van der Waals surface area (Å²) in [5.41, 5.74) is 2.86. The van der Waals surface area contributed by atoms with Gasteiger partial charge in [-0.2, -0.15) is 9.61 Å². The minimum Gasteiger partial charge on any atom is -0.383 e. The molecule has 2 aliphatic heterocycles. The number of piperazine rings is 1. The van der Waals surface area contributed by atoms with Gasteiger partial charge >= 0.3 is 0 Å². The summed E-state index contributed by atoms with van der Waals surface area (Å²) in [4.78, 5) is 7.16. The van der Waals surface area contributed by atoms with E-state index in [2.05, 4.69) is 55.2 Å². The fourth-order valence-electron chi connectivity index (χ4n) is 4.92. The summed E-state index contributed by atoms with van der Waals surface area (Å²) in [6.07, 6.45) is 2.31. The molecule has 8 heteroatoms. The number of anilines is 1. The third-order valence-corrected chi connectivity index (χ3v) is 6.67. The smallest absolute Gasteiger partial charge is 0.200 e. The van der Waals surface area contributed by atoms with Crippen LogP contribution in [0.1, 0.15) is 17.7 Å². The molecule has 2 aliphatic rings. The molecule has 158 valence electrons. The van der Waals surface area contributed by atoms with E-state index in [1.807, 2.05) is 25.1 Å². The molecule has 0 saturated carbocycles. The van der Waals surface area contributed by atoms with Crippen LogP contribution in [0.5, 0.6) is 0 Å². The summed E-state index contributed by atoms with van der Waals surface area (Å²) in [6.45, 7) is 7.43. The molecule has 2 atom stereocenters. The molecule has 3 aromatic rings. The zero-order chi connectivity index (χ0) is 20.7. The highest BCUT2D eigenvalue weighted by molar-refractivity contribution is 5.68. The largest absolute Gasteiger partial charge is 0.383 e. The maximum atomic E-state index is 12.0. The second-order valence-electron chi connectivity index (χ2n) is 8.61. The number of piperidine rings is 1. The minimum atomic E-state index is -0.875. The number of benzene rings is 1. The van der Waals surface area contributed by atoms with Crippen molar-refractivity contribution in [3.8, 4) is 0 Å².